The molecule has 1 saturated carbocycles. The van der Waals surface area contributed by atoms with Gasteiger partial charge < -0.3 is 9.88 Å². The molecule has 2 aliphatic heterocycles. The lowest BCUT2D eigenvalue weighted by atomic mass is 10.0. The van der Waals surface area contributed by atoms with Crippen LogP contribution in [-0.2, 0) is 22.7 Å². The normalized spacial score (nSPS) is 23.1. The molecule has 38 heavy (non-hydrogen) atoms. The van der Waals surface area contributed by atoms with Gasteiger partial charge in [-0.15, -0.1) is 11.3 Å². The molecule has 0 bridgehead atoms. The zero-order valence-electron chi connectivity index (χ0n) is 21.5. The monoisotopic (exact) mass is 547 g/mol. The van der Waals surface area contributed by atoms with E-state index in [1.165, 1.54) is 10.4 Å². The molecule has 1 aromatic carbocycles. The molecular weight excluding hydrogens is 518 g/mol. The summed E-state index contributed by atoms with van der Waals surface area (Å²) in [5.41, 5.74) is 3.99. The number of imide groups is 1. The van der Waals surface area contributed by atoms with Gasteiger partial charge in [0.25, 0.3) is 0 Å². The van der Waals surface area contributed by atoms with Crippen LogP contribution in [0.2, 0.25) is 5.02 Å². The number of nitrogens with zero attached hydrogens (tertiary/aromatic N) is 4. The number of piperazine rings is 1. The molecule has 0 spiro atoms. The molecule has 1 N–H and O–H groups in total. The van der Waals surface area contributed by atoms with Crippen molar-refractivity contribution >= 4 is 55.9 Å². The molecule has 2 unspecified atom stereocenters. The number of hydrogen-bond acceptors (Lipinski definition) is 6. The molecule has 1 aliphatic carbocycles. The van der Waals surface area contributed by atoms with Gasteiger partial charge in [0.1, 0.15) is 0 Å². The lowest BCUT2D eigenvalue weighted by Gasteiger charge is -2.27. The molecule has 9 heteroatoms. The Bertz CT molecular complexity index is 1580. The van der Waals surface area contributed by atoms with Gasteiger partial charge in [-0.2, -0.15) is 0 Å². The van der Waals surface area contributed by atoms with E-state index in [2.05, 4.69) is 32.0 Å². The number of piperidine rings is 1. The van der Waals surface area contributed by atoms with E-state index in [-0.39, 0.29) is 29.1 Å². The average Bonchev–Trinajstić information content (AvgIpc) is 3.26. The van der Waals surface area contributed by atoms with E-state index < -0.39 is 0 Å². The molecule has 7 nitrogen and oxygen atoms in total. The van der Waals surface area contributed by atoms with Crippen molar-refractivity contribution < 1.29 is 9.59 Å². The third kappa shape index (κ3) is 3.80. The van der Waals surface area contributed by atoms with Crippen LogP contribution in [0.1, 0.15) is 18.7 Å². The van der Waals surface area contributed by atoms with Gasteiger partial charge in [0.15, 0.2) is 0 Å². The second-order valence-corrected chi connectivity index (χ2v) is 12.9. The summed E-state index contributed by atoms with van der Waals surface area (Å²) in [5, 5.41) is 5.23. The molecule has 7 rings (SSSR count). The second-order valence-electron chi connectivity index (χ2n) is 11.3. The maximum Gasteiger partial charge on any atom is 0.234 e. The predicted molar refractivity (Wildman–Crippen MR) is 151 cm³/mol. The van der Waals surface area contributed by atoms with Crippen LogP contribution in [0.3, 0.4) is 0 Å². The molecule has 196 valence electrons. The van der Waals surface area contributed by atoms with Crippen molar-refractivity contribution in [1.82, 2.24) is 24.7 Å². The molecule has 2 saturated heterocycles. The first-order valence-electron chi connectivity index (χ1n) is 13.3. The standard InChI is InChI=1S/C29H30ClN5O2S/c1-29(2)23-24(29)28(37)35(27(23)36)16-19-15-22-26(38-19)20(3-5-32-22)21-14-18(30)13-17-4-8-34(25(17)21)12-11-33-9-6-31-7-10-33/h3-5,8,13-15,23-24,31H,6-7,9-12,16H2,1-2H3. The topological polar surface area (TPSA) is 70.5 Å². The summed E-state index contributed by atoms with van der Waals surface area (Å²) in [5.74, 6) is -0.386. The molecule has 5 heterocycles. The Balaban J connectivity index is 1.23. The summed E-state index contributed by atoms with van der Waals surface area (Å²) in [6.45, 7) is 10.5. The number of pyridine rings is 1. The fourth-order valence-electron chi connectivity index (χ4n) is 6.48. The number of carbonyl (C=O) groups excluding carboxylic acids is 2. The molecular formula is C29H30ClN5O2S. The largest absolute Gasteiger partial charge is 0.346 e. The van der Waals surface area contributed by atoms with Crippen molar-refractivity contribution in [2.45, 2.75) is 26.9 Å². The first-order valence-corrected chi connectivity index (χ1v) is 14.5. The molecule has 4 aromatic rings. The molecule has 2 amide bonds. The van der Waals surface area contributed by atoms with E-state index in [0.29, 0.717) is 11.6 Å². The van der Waals surface area contributed by atoms with Crippen molar-refractivity contribution in [3.05, 3.63) is 52.6 Å². The van der Waals surface area contributed by atoms with Crippen LogP contribution >= 0.6 is 22.9 Å². The maximum atomic E-state index is 12.9. The van der Waals surface area contributed by atoms with Crippen LogP contribution in [0.4, 0.5) is 0 Å². The molecule has 3 aliphatic rings. The number of amides is 2. The zero-order chi connectivity index (χ0) is 26.2. The fourth-order valence-corrected chi connectivity index (χ4v) is 7.84. The molecule has 0 radical (unpaired) electrons. The highest BCUT2D eigenvalue weighted by Crippen LogP contribution is 2.63. The van der Waals surface area contributed by atoms with E-state index in [4.69, 9.17) is 11.6 Å². The van der Waals surface area contributed by atoms with E-state index in [1.807, 2.05) is 44.3 Å². The zero-order valence-corrected chi connectivity index (χ0v) is 23.1. The Kier molecular flexibility index (Phi) is 5.67. The number of hydrogen-bond donors (Lipinski definition) is 1. The van der Waals surface area contributed by atoms with Crippen molar-refractivity contribution in [3.63, 3.8) is 0 Å². The van der Waals surface area contributed by atoms with Gasteiger partial charge in [0.05, 0.1) is 34.1 Å². The van der Waals surface area contributed by atoms with E-state index in [1.54, 1.807) is 11.3 Å². The SMILES string of the molecule is CC1(C)C2C(=O)N(Cc3cc4nccc(-c5cc(Cl)cc6ccn(CCN7CCNCC7)c56)c4s3)C(=O)C21. The van der Waals surface area contributed by atoms with Crippen molar-refractivity contribution in [2.24, 2.45) is 17.3 Å². The van der Waals surface area contributed by atoms with Gasteiger partial charge in [-0.25, -0.2) is 0 Å². The number of carbonyl (C=O) groups is 2. The lowest BCUT2D eigenvalue weighted by molar-refractivity contribution is -0.143. The van der Waals surface area contributed by atoms with Gasteiger partial charge in [-0.05, 0) is 35.7 Å². The van der Waals surface area contributed by atoms with Crippen LogP contribution in [-0.4, -0.2) is 63.9 Å². The summed E-state index contributed by atoms with van der Waals surface area (Å²) in [7, 11) is 0. The highest BCUT2D eigenvalue weighted by Gasteiger charge is 2.72. The molecule has 3 fully saturated rings. The summed E-state index contributed by atoms with van der Waals surface area (Å²) in [6.07, 6.45) is 3.99. The number of halogens is 1. The van der Waals surface area contributed by atoms with Gasteiger partial charge in [0, 0.05) is 78.1 Å². The van der Waals surface area contributed by atoms with E-state index in [0.717, 1.165) is 70.9 Å². The van der Waals surface area contributed by atoms with Gasteiger partial charge >= 0.3 is 0 Å². The van der Waals surface area contributed by atoms with Crippen molar-refractivity contribution in [3.8, 4) is 11.1 Å². The van der Waals surface area contributed by atoms with Crippen LogP contribution in [0.15, 0.2) is 42.7 Å². The van der Waals surface area contributed by atoms with Crippen molar-refractivity contribution in [1.29, 1.82) is 0 Å². The number of aromatic nitrogens is 2. The highest BCUT2D eigenvalue weighted by atomic mass is 35.5. The number of likely N-dealkylation sites (tertiary alicyclic amines) is 1. The fraction of sp³-hybridized carbons (Fsp3) is 0.414. The summed E-state index contributed by atoms with van der Waals surface area (Å²) >= 11 is 8.21. The lowest BCUT2D eigenvalue weighted by Crippen LogP contribution is -2.44. The Morgan fingerprint density at radius 2 is 1.82 bits per heavy atom. The first-order chi connectivity index (χ1) is 18.3. The van der Waals surface area contributed by atoms with E-state index in [9.17, 15) is 9.59 Å². The van der Waals surface area contributed by atoms with Crippen LogP contribution < -0.4 is 5.32 Å². The average molecular weight is 548 g/mol. The second kappa shape index (κ2) is 8.88. The molecule has 2 atom stereocenters. The Hall–Kier alpha value is -2.78. The summed E-state index contributed by atoms with van der Waals surface area (Å²) < 4.78 is 3.38. The minimum absolute atomic E-state index is 0.0329. The Morgan fingerprint density at radius 1 is 1.05 bits per heavy atom. The third-order valence-electron chi connectivity index (χ3n) is 8.65. The minimum Gasteiger partial charge on any atom is -0.346 e. The Morgan fingerprint density at radius 3 is 2.58 bits per heavy atom. The summed E-state index contributed by atoms with van der Waals surface area (Å²) in [4.78, 5) is 35.4. The number of thiophene rings is 1. The van der Waals surface area contributed by atoms with Crippen LogP contribution in [0, 0.1) is 17.3 Å². The quantitative estimate of drug-likeness (QED) is 0.357. The number of benzene rings is 1. The van der Waals surface area contributed by atoms with Gasteiger partial charge in [-0.3, -0.25) is 24.4 Å². The number of rotatable bonds is 6. The van der Waals surface area contributed by atoms with Crippen LogP contribution in [0.25, 0.3) is 32.2 Å². The van der Waals surface area contributed by atoms with Crippen LogP contribution in [0.5, 0.6) is 0 Å². The predicted octanol–water partition coefficient (Wildman–Crippen LogP) is 4.62. The smallest absolute Gasteiger partial charge is 0.234 e. The number of fused-ring (bicyclic) bond motifs is 3. The third-order valence-corrected chi connectivity index (χ3v) is 10.0. The Labute approximate surface area is 230 Å². The van der Waals surface area contributed by atoms with Gasteiger partial charge in [0.2, 0.25) is 11.8 Å². The first kappa shape index (κ1) is 24.3. The van der Waals surface area contributed by atoms with E-state index >= 15 is 0 Å². The maximum absolute atomic E-state index is 12.9. The highest BCUT2D eigenvalue weighted by molar-refractivity contribution is 7.19. The van der Waals surface area contributed by atoms with Gasteiger partial charge in [-0.1, -0.05) is 25.4 Å². The molecule has 3 aromatic heterocycles. The van der Waals surface area contributed by atoms with Crippen molar-refractivity contribution in [2.75, 3.05) is 32.7 Å². The number of nitrogens with one attached hydrogen (secondary N) is 1. The minimum atomic E-state index is -0.197. The summed E-state index contributed by atoms with van der Waals surface area (Å²) in [6, 6.07) is 10.3.